The van der Waals surface area contributed by atoms with Gasteiger partial charge in [-0.1, -0.05) is 12.1 Å². The summed E-state index contributed by atoms with van der Waals surface area (Å²) in [4.78, 5) is 26.6. The van der Waals surface area contributed by atoms with Gasteiger partial charge in [-0.05, 0) is 25.7 Å². The molecule has 9 heteroatoms. The second-order valence-electron chi connectivity index (χ2n) is 6.21. The molecule has 0 spiro atoms. The molecule has 2 aromatic rings. The number of hydrogen-bond donors (Lipinski definition) is 1. The maximum atomic E-state index is 12.2. The highest BCUT2D eigenvalue weighted by Crippen LogP contribution is 2.39. The van der Waals surface area contributed by atoms with Crippen LogP contribution in [0.25, 0.3) is 11.4 Å². The summed E-state index contributed by atoms with van der Waals surface area (Å²) in [6, 6.07) is 8.13. The minimum atomic E-state index is -0.861. The number of nitrogens with one attached hydrogen (secondary N) is 1. The highest BCUT2D eigenvalue weighted by atomic mass is 16.6. The van der Waals surface area contributed by atoms with Crippen molar-refractivity contribution in [2.24, 2.45) is 5.92 Å². The van der Waals surface area contributed by atoms with Crippen molar-refractivity contribution in [3.05, 3.63) is 40.7 Å². The van der Waals surface area contributed by atoms with Crippen LogP contribution in [0.1, 0.15) is 19.8 Å². The van der Waals surface area contributed by atoms with Crippen molar-refractivity contribution in [2.75, 3.05) is 0 Å². The molecule has 1 saturated carbocycles. The summed E-state index contributed by atoms with van der Waals surface area (Å²) in [5, 5.41) is 27.0. The fourth-order valence-electron chi connectivity index (χ4n) is 2.62. The van der Waals surface area contributed by atoms with E-state index >= 15 is 0 Å². The van der Waals surface area contributed by atoms with Crippen LogP contribution in [-0.4, -0.2) is 31.1 Å². The molecule has 1 aliphatic carbocycles. The SMILES string of the molecule is CC(C#N)(NC(=O)Cn1cnc(-c2cccc([N+](=O)[O-])c2)n1)C1CC1. The van der Waals surface area contributed by atoms with Crippen LogP contribution in [0.15, 0.2) is 30.6 Å². The van der Waals surface area contributed by atoms with Gasteiger partial charge in [0.1, 0.15) is 18.4 Å². The molecule has 128 valence electrons. The van der Waals surface area contributed by atoms with Crippen LogP contribution in [-0.2, 0) is 11.3 Å². The molecule has 0 saturated heterocycles. The number of nitro benzene ring substituents is 1. The van der Waals surface area contributed by atoms with Crippen molar-refractivity contribution < 1.29 is 9.72 Å². The number of non-ortho nitro benzene ring substituents is 1. The first-order valence-electron chi connectivity index (χ1n) is 7.78. The predicted molar refractivity (Wildman–Crippen MR) is 87.0 cm³/mol. The smallest absolute Gasteiger partial charge is 0.270 e. The van der Waals surface area contributed by atoms with Crippen LogP contribution >= 0.6 is 0 Å². The van der Waals surface area contributed by atoms with E-state index in [1.807, 2.05) is 0 Å². The monoisotopic (exact) mass is 340 g/mol. The molecule has 9 nitrogen and oxygen atoms in total. The van der Waals surface area contributed by atoms with Gasteiger partial charge in [-0.25, -0.2) is 9.67 Å². The lowest BCUT2D eigenvalue weighted by molar-refractivity contribution is -0.384. The Bertz CT molecular complexity index is 867. The maximum Gasteiger partial charge on any atom is 0.270 e. The number of carbonyl (C=O) groups is 1. The lowest BCUT2D eigenvalue weighted by Crippen LogP contribution is -2.47. The summed E-state index contributed by atoms with van der Waals surface area (Å²) < 4.78 is 1.34. The van der Waals surface area contributed by atoms with Crippen LogP contribution in [0.2, 0.25) is 0 Å². The average Bonchev–Trinajstić information content (AvgIpc) is 3.36. The molecular formula is C16H16N6O3. The Hall–Kier alpha value is -3.28. The molecule has 1 amide bonds. The zero-order chi connectivity index (χ0) is 18.0. The van der Waals surface area contributed by atoms with Crippen molar-refractivity contribution in [2.45, 2.75) is 31.8 Å². The van der Waals surface area contributed by atoms with Gasteiger partial charge in [-0.3, -0.25) is 14.9 Å². The first-order chi connectivity index (χ1) is 11.9. The Labute approximate surface area is 143 Å². The second kappa shape index (κ2) is 6.32. The van der Waals surface area contributed by atoms with Crippen LogP contribution in [0, 0.1) is 27.4 Å². The first-order valence-corrected chi connectivity index (χ1v) is 7.78. The van der Waals surface area contributed by atoms with E-state index in [1.165, 1.54) is 23.1 Å². The Balaban J connectivity index is 1.69. The standard InChI is InChI=1S/C16H16N6O3/c1-16(9-17,12-5-6-12)19-14(23)8-21-10-18-15(20-21)11-3-2-4-13(7-11)22(24)25/h2-4,7,10,12H,5-6,8H2,1H3,(H,19,23). The van der Waals surface area contributed by atoms with Crippen molar-refractivity contribution in [3.8, 4) is 17.5 Å². The number of amides is 1. The third kappa shape index (κ3) is 3.63. The topological polar surface area (TPSA) is 127 Å². The van der Waals surface area contributed by atoms with Crippen molar-refractivity contribution in [3.63, 3.8) is 0 Å². The molecule has 1 heterocycles. The Morgan fingerprint density at radius 3 is 2.96 bits per heavy atom. The van der Waals surface area contributed by atoms with Gasteiger partial charge >= 0.3 is 0 Å². The normalized spacial score (nSPS) is 15.8. The molecule has 0 radical (unpaired) electrons. The van der Waals surface area contributed by atoms with Crippen LogP contribution in [0.3, 0.4) is 0 Å². The minimum absolute atomic E-state index is 0.0548. The Morgan fingerprint density at radius 1 is 1.56 bits per heavy atom. The molecule has 1 fully saturated rings. The fraction of sp³-hybridized carbons (Fsp3) is 0.375. The number of hydrogen-bond acceptors (Lipinski definition) is 6. The zero-order valence-corrected chi connectivity index (χ0v) is 13.5. The zero-order valence-electron chi connectivity index (χ0n) is 13.5. The number of carbonyl (C=O) groups excluding carboxylic acids is 1. The number of rotatable bonds is 6. The van der Waals surface area contributed by atoms with E-state index in [9.17, 15) is 20.2 Å². The minimum Gasteiger partial charge on any atom is -0.336 e. The van der Waals surface area contributed by atoms with Gasteiger partial charge in [-0.2, -0.15) is 10.4 Å². The van der Waals surface area contributed by atoms with Gasteiger partial charge in [0.05, 0.1) is 11.0 Å². The lowest BCUT2D eigenvalue weighted by atomic mass is 9.98. The fourth-order valence-corrected chi connectivity index (χ4v) is 2.62. The molecule has 1 unspecified atom stereocenters. The first kappa shape index (κ1) is 16.6. The molecule has 3 rings (SSSR count). The van der Waals surface area contributed by atoms with Crippen LogP contribution < -0.4 is 5.32 Å². The van der Waals surface area contributed by atoms with Gasteiger partial charge in [0, 0.05) is 17.7 Å². The molecule has 1 aromatic carbocycles. The summed E-state index contributed by atoms with van der Waals surface area (Å²) >= 11 is 0. The maximum absolute atomic E-state index is 12.2. The number of nitrogens with zero attached hydrogens (tertiary/aromatic N) is 5. The van der Waals surface area contributed by atoms with Gasteiger partial charge in [0.25, 0.3) is 5.69 Å². The molecule has 0 aliphatic heterocycles. The largest absolute Gasteiger partial charge is 0.336 e. The molecule has 25 heavy (non-hydrogen) atoms. The quantitative estimate of drug-likeness (QED) is 0.629. The number of aromatic nitrogens is 3. The predicted octanol–water partition coefficient (Wildman–Crippen LogP) is 1.66. The molecule has 1 aromatic heterocycles. The van der Waals surface area contributed by atoms with Crippen molar-refractivity contribution in [1.29, 1.82) is 5.26 Å². The number of nitriles is 1. The van der Waals surface area contributed by atoms with Gasteiger partial charge in [0.15, 0.2) is 5.82 Å². The average molecular weight is 340 g/mol. The lowest BCUT2D eigenvalue weighted by Gasteiger charge is -2.22. The van der Waals surface area contributed by atoms with Crippen molar-refractivity contribution in [1.82, 2.24) is 20.1 Å². The van der Waals surface area contributed by atoms with E-state index in [-0.39, 0.29) is 24.1 Å². The van der Waals surface area contributed by atoms with Crippen LogP contribution in [0.4, 0.5) is 5.69 Å². The van der Waals surface area contributed by atoms with Gasteiger partial charge in [0.2, 0.25) is 5.91 Å². The Kier molecular flexibility index (Phi) is 4.19. The van der Waals surface area contributed by atoms with E-state index < -0.39 is 10.5 Å². The summed E-state index contributed by atoms with van der Waals surface area (Å²) in [5.41, 5.74) is -0.422. The molecular weight excluding hydrogens is 324 g/mol. The molecule has 1 atom stereocenters. The molecule has 1 N–H and O–H groups in total. The van der Waals surface area contributed by atoms with Crippen molar-refractivity contribution >= 4 is 11.6 Å². The van der Waals surface area contributed by atoms with Crippen LogP contribution in [0.5, 0.6) is 0 Å². The van der Waals surface area contributed by atoms with Gasteiger partial charge < -0.3 is 5.32 Å². The van der Waals surface area contributed by atoms with E-state index in [4.69, 9.17) is 0 Å². The Morgan fingerprint density at radius 2 is 2.32 bits per heavy atom. The number of benzene rings is 1. The second-order valence-corrected chi connectivity index (χ2v) is 6.21. The summed E-state index contributed by atoms with van der Waals surface area (Å²) in [6.07, 6.45) is 3.25. The third-order valence-corrected chi connectivity index (χ3v) is 4.18. The summed E-state index contributed by atoms with van der Waals surface area (Å²) in [6.45, 7) is 1.64. The van der Waals surface area contributed by atoms with E-state index in [2.05, 4.69) is 21.5 Å². The summed E-state index contributed by atoms with van der Waals surface area (Å²) in [5.74, 6) is 0.158. The highest BCUT2D eigenvalue weighted by molar-refractivity contribution is 5.77. The molecule has 1 aliphatic rings. The third-order valence-electron chi connectivity index (χ3n) is 4.18. The number of nitro groups is 1. The molecule has 0 bridgehead atoms. The van der Waals surface area contributed by atoms with E-state index in [0.717, 1.165) is 12.8 Å². The van der Waals surface area contributed by atoms with Gasteiger partial charge in [-0.15, -0.1) is 0 Å². The van der Waals surface area contributed by atoms with E-state index in [1.54, 1.807) is 19.1 Å². The van der Waals surface area contributed by atoms with E-state index in [0.29, 0.717) is 11.4 Å². The highest BCUT2D eigenvalue weighted by Gasteiger charge is 2.43. The summed E-state index contributed by atoms with van der Waals surface area (Å²) in [7, 11) is 0.